The van der Waals surface area contributed by atoms with Gasteiger partial charge in [0.1, 0.15) is 5.75 Å². The molecule has 0 bridgehead atoms. The third-order valence-electron chi connectivity index (χ3n) is 4.82. The summed E-state index contributed by atoms with van der Waals surface area (Å²) in [5.74, 6) is -0.125. The van der Waals surface area contributed by atoms with E-state index in [0.717, 1.165) is 42.9 Å². The number of hydrogen-bond donors (Lipinski definition) is 1. The van der Waals surface area contributed by atoms with E-state index in [1.165, 1.54) is 0 Å². The molecular formula is C20H20N2O4. The van der Waals surface area contributed by atoms with Crippen LogP contribution in [0.4, 0.5) is 11.4 Å². The minimum absolute atomic E-state index is 0.0152. The second kappa shape index (κ2) is 6.71. The molecule has 134 valence electrons. The maximum atomic E-state index is 12.5. The van der Waals surface area contributed by atoms with Crippen LogP contribution in [0, 0.1) is 0 Å². The summed E-state index contributed by atoms with van der Waals surface area (Å²) in [4.78, 5) is 27.3. The van der Waals surface area contributed by atoms with E-state index in [1.54, 1.807) is 12.1 Å². The molecule has 0 atom stereocenters. The number of carbonyl (C=O) groups is 2. The van der Waals surface area contributed by atoms with Gasteiger partial charge in [-0.1, -0.05) is 12.1 Å². The van der Waals surface area contributed by atoms with Crippen molar-refractivity contribution in [1.29, 1.82) is 0 Å². The van der Waals surface area contributed by atoms with Crippen molar-refractivity contribution in [3.05, 3.63) is 53.6 Å². The highest BCUT2D eigenvalue weighted by Crippen LogP contribution is 2.39. The van der Waals surface area contributed by atoms with Gasteiger partial charge in [0.15, 0.2) is 6.73 Å². The van der Waals surface area contributed by atoms with Crippen LogP contribution in [0.2, 0.25) is 0 Å². The zero-order chi connectivity index (χ0) is 18.1. The number of hydrogen-bond acceptors (Lipinski definition) is 4. The van der Waals surface area contributed by atoms with Crippen LogP contribution in [0.1, 0.15) is 28.8 Å². The predicted octanol–water partition coefficient (Wildman–Crippen LogP) is 3.04. The molecule has 2 heterocycles. The Morgan fingerprint density at radius 2 is 1.88 bits per heavy atom. The number of carboxylic acid groups (broad SMARTS) is 1. The average molecular weight is 352 g/mol. The highest BCUT2D eigenvalue weighted by atomic mass is 16.5. The van der Waals surface area contributed by atoms with Crippen LogP contribution >= 0.6 is 0 Å². The van der Waals surface area contributed by atoms with E-state index in [9.17, 15) is 9.59 Å². The van der Waals surface area contributed by atoms with Crippen LogP contribution in [0.3, 0.4) is 0 Å². The molecule has 1 saturated heterocycles. The van der Waals surface area contributed by atoms with E-state index in [0.29, 0.717) is 18.0 Å². The maximum absolute atomic E-state index is 12.5. The fraction of sp³-hybridized carbons (Fsp3) is 0.300. The van der Waals surface area contributed by atoms with Gasteiger partial charge < -0.3 is 19.6 Å². The molecule has 1 N–H and O–H groups in total. The van der Waals surface area contributed by atoms with Crippen molar-refractivity contribution in [3.63, 3.8) is 0 Å². The summed E-state index contributed by atoms with van der Waals surface area (Å²) in [6, 6.07) is 13.0. The van der Waals surface area contributed by atoms with E-state index >= 15 is 0 Å². The van der Waals surface area contributed by atoms with Gasteiger partial charge in [-0.2, -0.15) is 0 Å². The van der Waals surface area contributed by atoms with Gasteiger partial charge >= 0.3 is 5.97 Å². The lowest BCUT2D eigenvalue weighted by Gasteiger charge is -2.18. The van der Waals surface area contributed by atoms with Gasteiger partial charge in [0.25, 0.3) is 5.91 Å². The highest BCUT2D eigenvalue weighted by molar-refractivity contribution is 5.96. The normalized spacial score (nSPS) is 15.7. The van der Waals surface area contributed by atoms with Crippen LogP contribution in [0.25, 0.3) is 0 Å². The number of carbonyl (C=O) groups excluding carboxylic acids is 1. The molecule has 2 aromatic carbocycles. The SMILES string of the molecule is O=C(O)Cc1cccc(N2COc3cc(C(=O)N4CCCC4)ccc32)c1. The Morgan fingerprint density at radius 1 is 1.08 bits per heavy atom. The Balaban J connectivity index is 1.58. The molecule has 6 nitrogen and oxygen atoms in total. The van der Waals surface area contributed by atoms with Crippen molar-refractivity contribution in [2.45, 2.75) is 19.3 Å². The summed E-state index contributed by atoms with van der Waals surface area (Å²) < 4.78 is 5.78. The first kappa shape index (κ1) is 16.4. The lowest BCUT2D eigenvalue weighted by atomic mass is 10.1. The van der Waals surface area contributed by atoms with Crippen molar-refractivity contribution >= 4 is 23.3 Å². The molecule has 0 aliphatic carbocycles. The van der Waals surface area contributed by atoms with Crippen LogP contribution < -0.4 is 9.64 Å². The smallest absolute Gasteiger partial charge is 0.307 e. The first-order valence-electron chi connectivity index (χ1n) is 8.76. The third-order valence-corrected chi connectivity index (χ3v) is 4.82. The molecule has 0 saturated carbocycles. The van der Waals surface area contributed by atoms with Crippen molar-refractivity contribution in [3.8, 4) is 5.75 Å². The van der Waals surface area contributed by atoms with Gasteiger partial charge in [0.05, 0.1) is 12.1 Å². The Kier molecular flexibility index (Phi) is 4.24. The molecule has 0 aromatic heterocycles. The van der Waals surface area contributed by atoms with Crippen LogP contribution in [0.15, 0.2) is 42.5 Å². The van der Waals surface area contributed by atoms with Crippen molar-refractivity contribution in [1.82, 2.24) is 4.90 Å². The van der Waals surface area contributed by atoms with E-state index in [1.807, 2.05) is 40.1 Å². The fourth-order valence-corrected chi connectivity index (χ4v) is 3.51. The lowest BCUT2D eigenvalue weighted by molar-refractivity contribution is -0.136. The number of carboxylic acids is 1. The van der Waals surface area contributed by atoms with Gasteiger partial charge in [-0.15, -0.1) is 0 Å². The van der Waals surface area contributed by atoms with Crippen molar-refractivity contribution in [2.24, 2.45) is 0 Å². The molecule has 2 aliphatic rings. The minimum Gasteiger partial charge on any atom is -0.481 e. The molecule has 1 fully saturated rings. The standard InChI is InChI=1S/C20H20N2O4/c23-19(24)11-14-4-3-5-16(10-14)22-13-26-18-12-15(6-7-17(18)22)20(25)21-8-1-2-9-21/h3-7,10,12H,1-2,8-9,11,13H2,(H,23,24). The Morgan fingerprint density at radius 3 is 2.65 bits per heavy atom. The summed E-state index contributed by atoms with van der Waals surface area (Å²) in [5.41, 5.74) is 3.15. The number of likely N-dealkylation sites (tertiary alicyclic amines) is 1. The van der Waals surface area contributed by atoms with Gasteiger partial charge in [-0.05, 0) is 48.7 Å². The molecule has 0 spiro atoms. The minimum atomic E-state index is -0.856. The summed E-state index contributed by atoms with van der Waals surface area (Å²) in [5, 5.41) is 8.98. The largest absolute Gasteiger partial charge is 0.481 e. The topological polar surface area (TPSA) is 70.1 Å². The van der Waals surface area contributed by atoms with Gasteiger partial charge in [0, 0.05) is 24.3 Å². The average Bonchev–Trinajstić information content (AvgIpc) is 3.30. The van der Waals surface area contributed by atoms with Gasteiger partial charge in [0.2, 0.25) is 0 Å². The number of anilines is 2. The number of nitrogens with zero attached hydrogens (tertiary/aromatic N) is 2. The van der Waals surface area contributed by atoms with Crippen molar-refractivity contribution in [2.75, 3.05) is 24.7 Å². The summed E-state index contributed by atoms with van der Waals surface area (Å²) in [6.07, 6.45) is 2.11. The molecule has 1 amide bonds. The first-order chi connectivity index (χ1) is 12.6. The first-order valence-corrected chi connectivity index (χ1v) is 8.76. The zero-order valence-corrected chi connectivity index (χ0v) is 14.4. The Hall–Kier alpha value is -3.02. The van der Waals surface area contributed by atoms with Gasteiger partial charge in [-0.25, -0.2) is 0 Å². The number of ether oxygens (including phenoxy) is 1. The molecule has 4 rings (SSSR count). The monoisotopic (exact) mass is 352 g/mol. The highest BCUT2D eigenvalue weighted by Gasteiger charge is 2.25. The summed E-state index contributed by atoms with van der Waals surface area (Å²) in [7, 11) is 0. The second-order valence-electron chi connectivity index (χ2n) is 6.62. The Labute approximate surface area is 151 Å². The number of benzene rings is 2. The van der Waals surface area contributed by atoms with Crippen LogP contribution in [-0.2, 0) is 11.2 Å². The molecular weight excluding hydrogens is 332 g/mol. The summed E-state index contributed by atoms with van der Waals surface area (Å²) in [6.45, 7) is 1.98. The van der Waals surface area contributed by atoms with Crippen LogP contribution in [0.5, 0.6) is 5.75 Å². The number of rotatable bonds is 4. The molecule has 2 aliphatic heterocycles. The molecule has 0 unspecified atom stereocenters. The van der Waals surface area contributed by atoms with E-state index in [4.69, 9.17) is 9.84 Å². The maximum Gasteiger partial charge on any atom is 0.307 e. The molecule has 0 radical (unpaired) electrons. The number of aliphatic carboxylic acids is 1. The van der Waals surface area contributed by atoms with E-state index in [2.05, 4.69) is 0 Å². The predicted molar refractivity (Wildman–Crippen MR) is 97.0 cm³/mol. The second-order valence-corrected chi connectivity index (χ2v) is 6.62. The molecule has 2 aromatic rings. The van der Waals surface area contributed by atoms with E-state index < -0.39 is 5.97 Å². The fourth-order valence-electron chi connectivity index (χ4n) is 3.51. The number of amides is 1. The van der Waals surface area contributed by atoms with Gasteiger partial charge in [-0.3, -0.25) is 9.59 Å². The number of fused-ring (bicyclic) bond motifs is 1. The zero-order valence-electron chi connectivity index (χ0n) is 14.4. The molecule has 26 heavy (non-hydrogen) atoms. The third kappa shape index (κ3) is 3.10. The van der Waals surface area contributed by atoms with E-state index in [-0.39, 0.29) is 12.3 Å². The lowest BCUT2D eigenvalue weighted by Crippen LogP contribution is -2.27. The Bertz CT molecular complexity index is 859. The quantitative estimate of drug-likeness (QED) is 0.916. The van der Waals surface area contributed by atoms with Crippen molar-refractivity contribution < 1.29 is 19.4 Å². The summed E-state index contributed by atoms with van der Waals surface area (Å²) >= 11 is 0. The van der Waals surface area contributed by atoms with Crippen LogP contribution in [-0.4, -0.2) is 41.7 Å². The molecule has 6 heteroatoms.